The Balaban J connectivity index is 0.00000112. The second-order valence-electron chi connectivity index (χ2n) is 3.62. The summed E-state index contributed by atoms with van der Waals surface area (Å²) in [6.07, 6.45) is 0. The zero-order valence-corrected chi connectivity index (χ0v) is 12.0. The first kappa shape index (κ1) is 12.6. The fourth-order valence-electron chi connectivity index (χ4n) is 1.67. The second kappa shape index (κ2) is 5.58. The van der Waals surface area contributed by atoms with Crippen molar-refractivity contribution in [3.63, 3.8) is 0 Å². The summed E-state index contributed by atoms with van der Waals surface area (Å²) in [4.78, 5) is 0. The molecule has 0 aliphatic heterocycles. The fraction of sp³-hybridized carbons (Fsp3) is 0.143. The number of hydrogen-bond donors (Lipinski definition) is 0. The molecule has 0 heterocycles. The predicted octanol–water partition coefficient (Wildman–Crippen LogP) is 3.77. The van der Waals surface area contributed by atoms with E-state index in [4.69, 9.17) is 0 Å². The van der Waals surface area contributed by atoms with Gasteiger partial charge in [0.1, 0.15) is 0 Å². The van der Waals surface area contributed by atoms with Crippen LogP contribution in [0, 0.1) is 19.9 Å². The van der Waals surface area contributed by atoms with Crippen molar-refractivity contribution in [1.29, 1.82) is 0 Å². The molecule has 0 atom stereocenters. The summed E-state index contributed by atoms with van der Waals surface area (Å²) < 4.78 is 0. The number of aryl methyl sites for hydroxylation is 2. The van der Waals surface area contributed by atoms with E-state index in [0.29, 0.717) is 0 Å². The van der Waals surface area contributed by atoms with Gasteiger partial charge < -0.3 is 0 Å². The van der Waals surface area contributed by atoms with E-state index in [2.05, 4.69) is 56.3 Å². The summed E-state index contributed by atoms with van der Waals surface area (Å²) in [6, 6.07) is 18.1. The largest absolute Gasteiger partial charge is 0.143 e. The van der Waals surface area contributed by atoms with Crippen LogP contribution in [-0.4, -0.2) is 0 Å². The van der Waals surface area contributed by atoms with E-state index in [9.17, 15) is 0 Å². The van der Waals surface area contributed by atoms with Crippen LogP contribution in [0.3, 0.4) is 0 Å². The van der Waals surface area contributed by atoms with Crippen LogP contribution in [-0.2, 0) is 32.7 Å². The molecule has 0 spiro atoms. The Bertz CT molecular complexity index is 412. The third kappa shape index (κ3) is 3.26. The maximum absolute atomic E-state index is 3.36. The molecule has 0 nitrogen and oxygen atoms in total. The van der Waals surface area contributed by atoms with Gasteiger partial charge in [0.05, 0.1) is 0 Å². The molecule has 1 heteroatoms. The summed E-state index contributed by atoms with van der Waals surface area (Å²) >= 11 is 0. The van der Waals surface area contributed by atoms with E-state index in [-0.39, 0.29) is 32.7 Å². The van der Waals surface area contributed by atoms with Crippen molar-refractivity contribution in [3.05, 3.63) is 59.7 Å². The molecule has 1 radical (unpaired) electrons. The zero-order chi connectivity index (χ0) is 9.97. The number of hydrogen-bond acceptors (Lipinski definition) is 0. The van der Waals surface area contributed by atoms with Gasteiger partial charge in [-0.15, -0.1) is 34.9 Å². The van der Waals surface area contributed by atoms with Crippen molar-refractivity contribution in [2.24, 2.45) is 0 Å². The smallest absolute Gasteiger partial charge is 0 e. The first-order valence-electron chi connectivity index (χ1n) is 4.82. The average molecular weight is 270 g/mol. The van der Waals surface area contributed by atoms with Crippen molar-refractivity contribution >= 4 is 0 Å². The van der Waals surface area contributed by atoms with E-state index in [1.165, 1.54) is 22.3 Å². The quantitative estimate of drug-likeness (QED) is 0.692. The van der Waals surface area contributed by atoms with Gasteiger partial charge in [-0.25, -0.2) is 0 Å². The molecule has 0 aliphatic rings. The molecular formula is C14H13Y-. The minimum atomic E-state index is 0. The van der Waals surface area contributed by atoms with Gasteiger partial charge in [-0.2, -0.15) is 0 Å². The van der Waals surface area contributed by atoms with Gasteiger partial charge in [-0.05, 0) is 0 Å². The first-order chi connectivity index (χ1) is 6.75. The van der Waals surface area contributed by atoms with Crippen LogP contribution in [0.1, 0.15) is 11.1 Å². The van der Waals surface area contributed by atoms with Gasteiger partial charge in [0.2, 0.25) is 0 Å². The molecular weight excluding hydrogens is 257 g/mol. The molecule has 0 saturated heterocycles. The SMILES string of the molecule is Cc1[c-]c(-c2ccccc2)cc(C)c1.[Y]. The summed E-state index contributed by atoms with van der Waals surface area (Å²) in [7, 11) is 0. The topological polar surface area (TPSA) is 0 Å². The zero-order valence-electron chi connectivity index (χ0n) is 9.12. The van der Waals surface area contributed by atoms with E-state index in [1.807, 2.05) is 6.07 Å². The second-order valence-corrected chi connectivity index (χ2v) is 3.62. The minimum Gasteiger partial charge on any atom is -0.143 e. The summed E-state index contributed by atoms with van der Waals surface area (Å²) in [5.41, 5.74) is 4.91. The van der Waals surface area contributed by atoms with Gasteiger partial charge in [0.25, 0.3) is 0 Å². The molecule has 15 heavy (non-hydrogen) atoms. The van der Waals surface area contributed by atoms with Crippen molar-refractivity contribution in [3.8, 4) is 11.1 Å². The molecule has 0 bridgehead atoms. The third-order valence-electron chi connectivity index (χ3n) is 2.23. The van der Waals surface area contributed by atoms with Crippen molar-refractivity contribution in [2.45, 2.75) is 13.8 Å². The maximum atomic E-state index is 3.36. The maximum Gasteiger partial charge on any atom is 0 e. The molecule has 0 amide bonds. The first-order valence-corrected chi connectivity index (χ1v) is 4.82. The number of benzene rings is 2. The molecule has 2 aromatic carbocycles. The molecule has 0 aliphatic carbocycles. The van der Waals surface area contributed by atoms with Crippen LogP contribution in [0.15, 0.2) is 42.5 Å². The summed E-state index contributed by atoms with van der Waals surface area (Å²) in [5, 5.41) is 0. The Morgan fingerprint density at radius 1 is 0.933 bits per heavy atom. The van der Waals surface area contributed by atoms with Gasteiger partial charge in [0, 0.05) is 32.7 Å². The monoisotopic (exact) mass is 270 g/mol. The van der Waals surface area contributed by atoms with Gasteiger partial charge >= 0.3 is 0 Å². The van der Waals surface area contributed by atoms with Crippen LogP contribution in [0.2, 0.25) is 0 Å². The predicted molar refractivity (Wildman–Crippen MR) is 60.2 cm³/mol. The Labute approximate surface area is 117 Å². The molecule has 0 aromatic heterocycles. The standard InChI is InChI=1S/C14H13.Y/c1-11-8-12(2)10-14(9-11)13-6-4-3-5-7-13;/h3-9H,1-2H3;/q-1;. The van der Waals surface area contributed by atoms with Crippen molar-refractivity contribution in [1.82, 2.24) is 0 Å². The Hall–Kier alpha value is -0.456. The number of rotatable bonds is 1. The van der Waals surface area contributed by atoms with Crippen LogP contribution in [0.4, 0.5) is 0 Å². The Morgan fingerprint density at radius 3 is 2.20 bits per heavy atom. The minimum absolute atomic E-state index is 0. The van der Waals surface area contributed by atoms with E-state index in [0.717, 1.165) is 0 Å². The Kier molecular flexibility index (Phi) is 4.69. The normalized spacial score (nSPS) is 9.47. The van der Waals surface area contributed by atoms with Crippen LogP contribution >= 0.6 is 0 Å². The molecule has 0 saturated carbocycles. The molecule has 73 valence electrons. The summed E-state index contributed by atoms with van der Waals surface area (Å²) in [6.45, 7) is 4.20. The van der Waals surface area contributed by atoms with Crippen LogP contribution in [0.25, 0.3) is 11.1 Å². The van der Waals surface area contributed by atoms with Crippen LogP contribution in [0.5, 0.6) is 0 Å². The molecule has 2 aromatic rings. The fourth-order valence-corrected chi connectivity index (χ4v) is 1.67. The molecule has 0 fully saturated rings. The summed E-state index contributed by atoms with van der Waals surface area (Å²) in [5.74, 6) is 0. The van der Waals surface area contributed by atoms with Gasteiger partial charge in [0.15, 0.2) is 0 Å². The average Bonchev–Trinajstić information content (AvgIpc) is 2.18. The molecule has 0 N–H and O–H groups in total. The Morgan fingerprint density at radius 2 is 1.60 bits per heavy atom. The van der Waals surface area contributed by atoms with Crippen molar-refractivity contribution < 1.29 is 32.7 Å². The van der Waals surface area contributed by atoms with E-state index < -0.39 is 0 Å². The van der Waals surface area contributed by atoms with Gasteiger partial charge in [-0.3, -0.25) is 0 Å². The van der Waals surface area contributed by atoms with Crippen molar-refractivity contribution in [2.75, 3.05) is 0 Å². The van der Waals surface area contributed by atoms with E-state index in [1.54, 1.807) is 0 Å². The molecule has 0 unspecified atom stereocenters. The molecule has 2 rings (SSSR count). The van der Waals surface area contributed by atoms with Gasteiger partial charge in [-0.1, -0.05) is 49.7 Å². The van der Waals surface area contributed by atoms with E-state index >= 15 is 0 Å². The van der Waals surface area contributed by atoms with Crippen LogP contribution < -0.4 is 0 Å². The third-order valence-corrected chi connectivity index (χ3v) is 2.23.